The van der Waals surface area contributed by atoms with E-state index in [0.717, 1.165) is 11.1 Å². The van der Waals surface area contributed by atoms with E-state index in [9.17, 15) is 5.26 Å². The molecule has 0 radical (unpaired) electrons. The van der Waals surface area contributed by atoms with Gasteiger partial charge in [0.05, 0.1) is 11.3 Å². The van der Waals surface area contributed by atoms with Crippen molar-refractivity contribution in [2.45, 2.75) is 6.92 Å². The molecule has 0 bridgehead atoms. The van der Waals surface area contributed by atoms with Gasteiger partial charge in [0.2, 0.25) is 0 Å². The van der Waals surface area contributed by atoms with Crippen LogP contribution in [0.2, 0.25) is 5.02 Å². The molecule has 24 heavy (non-hydrogen) atoms. The zero-order chi connectivity index (χ0) is 17.7. The summed E-state index contributed by atoms with van der Waals surface area (Å²) in [7, 11) is 0. The van der Waals surface area contributed by atoms with Gasteiger partial charge in [0.1, 0.15) is 29.7 Å². The standard InChI is InChI=1S/C18H11ClN4O/c1-11-15(3-2-4-16(11)19)17-6-5-14(24-17)7-12(8-20)18(23)13(9-21)10-22/h2-7H,23H2,1H3/b12-7+. The predicted molar refractivity (Wildman–Crippen MR) is 89.9 cm³/mol. The van der Waals surface area contributed by atoms with E-state index in [1.54, 1.807) is 30.3 Å². The Morgan fingerprint density at radius 2 is 1.83 bits per heavy atom. The predicted octanol–water partition coefficient (Wildman–Crippen LogP) is 4.08. The van der Waals surface area contributed by atoms with Gasteiger partial charge in [0.15, 0.2) is 5.57 Å². The average Bonchev–Trinajstić information content (AvgIpc) is 3.04. The van der Waals surface area contributed by atoms with Crippen LogP contribution in [0.15, 0.2) is 51.6 Å². The van der Waals surface area contributed by atoms with E-state index < -0.39 is 0 Å². The van der Waals surface area contributed by atoms with Gasteiger partial charge in [-0.15, -0.1) is 0 Å². The van der Waals surface area contributed by atoms with Crippen molar-refractivity contribution < 1.29 is 4.42 Å². The molecule has 1 aromatic carbocycles. The van der Waals surface area contributed by atoms with Crippen LogP contribution < -0.4 is 5.73 Å². The first-order chi connectivity index (χ1) is 11.5. The highest BCUT2D eigenvalue weighted by atomic mass is 35.5. The summed E-state index contributed by atoms with van der Waals surface area (Å²) in [6.45, 7) is 1.88. The summed E-state index contributed by atoms with van der Waals surface area (Å²) in [6, 6.07) is 14.1. The number of rotatable bonds is 3. The van der Waals surface area contributed by atoms with Crippen molar-refractivity contribution in [3.05, 3.63) is 63.5 Å². The summed E-state index contributed by atoms with van der Waals surface area (Å²) in [5.41, 5.74) is 6.88. The van der Waals surface area contributed by atoms with E-state index in [2.05, 4.69) is 0 Å². The second-order valence-corrected chi connectivity index (χ2v) is 5.20. The van der Waals surface area contributed by atoms with Gasteiger partial charge in [-0.2, -0.15) is 15.8 Å². The molecule has 2 aromatic rings. The van der Waals surface area contributed by atoms with Gasteiger partial charge < -0.3 is 10.2 Å². The first-order valence-corrected chi connectivity index (χ1v) is 7.17. The molecule has 2 rings (SSSR count). The first-order valence-electron chi connectivity index (χ1n) is 6.79. The van der Waals surface area contributed by atoms with Gasteiger partial charge in [-0.25, -0.2) is 0 Å². The van der Waals surface area contributed by atoms with Gasteiger partial charge >= 0.3 is 0 Å². The molecule has 0 fully saturated rings. The van der Waals surface area contributed by atoms with Crippen molar-refractivity contribution in [2.24, 2.45) is 5.73 Å². The third-order valence-corrected chi connectivity index (χ3v) is 3.76. The fourth-order valence-corrected chi connectivity index (χ4v) is 2.22. The van der Waals surface area contributed by atoms with Crippen LogP contribution in [0.1, 0.15) is 11.3 Å². The van der Waals surface area contributed by atoms with Crippen molar-refractivity contribution in [3.63, 3.8) is 0 Å². The number of hydrogen-bond acceptors (Lipinski definition) is 5. The Morgan fingerprint density at radius 3 is 2.46 bits per heavy atom. The molecular formula is C18H11ClN4O. The highest BCUT2D eigenvalue weighted by Crippen LogP contribution is 2.30. The number of hydrogen-bond donors (Lipinski definition) is 1. The minimum atomic E-state index is -0.319. The largest absolute Gasteiger partial charge is 0.457 e. The number of nitrogens with zero attached hydrogens (tertiary/aromatic N) is 3. The van der Waals surface area contributed by atoms with E-state index in [1.165, 1.54) is 6.08 Å². The normalized spacial score (nSPS) is 10.4. The molecule has 0 unspecified atom stereocenters. The lowest BCUT2D eigenvalue weighted by atomic mass is 10.1. The summed E-state index contributed by atoms with van der Waals surface area (Å²) < 4.78 is 5.70. The molecule has 0 aliphatic rings. The molecule has 0 aliphatic carbocycles. The molecule has 0 saturated heterocycles. The van der Waals surface area contributed by atoms with Crippen molar-refractivity contribution in [1.29, 1.82) is 15.8 Å². The fraction of sp³-hybridized carbons (Fsp3) is 0.0556. The zero-order valence-electron chi connectivity index (χ0n) is 12.7. The highest BCUT2D eigenvalue weighted by Gasteiger charge is 2.11. The maximum Gasteiger partial charge on any atom is 0.153 e. The molecule has 116 valence electrons. The minimum absolute atomic E-state index is 0.0168. The van der Waals surface area contributed by atoms with Crippen LogP contribution in [0, 0.1) is 40.9 Å². The Bertz CT molecular complexity index is 962. The van der Waals surface area contributed by atoms with Gasteiger partial charge in [0, 0.05) is 16.7 Å². The Morgan fingerprint density at radius 1 is 1.12 bits per heavy atom. The van der Waals surface area contributed by atoms with E-state index in [-0.39, 0.29) is 16.8 Å². The molecule has 1 aromatic heterocycles. The third kappa shape index (κ3) is 3.31. The van der Waals surface area contributed by atoms with Crippen LogP contribution in [0.3, 0.4) is 0 Å². The summed E-state index contributed by atoms with van der Waals surface area (Å²) in [6.07, 6.45) is 1.38. The van der Waals surface area contributed by atoms with Crippen LogP contribution >= 0.6 is 11.6 Å². The van der Waals surface area contributed by atoms with Gasteiger partial charge in [-0.3, -0.25) is 0 Å². The summed E-state index contributed by atoms with van der Waals surface area (Å²) in [5.74, 6) is 0.959. The van der Waals surface area contributed by atoms with Crippen molar-refractivity contribution in [3.8, 4) is 29.5 Å². The molecule has 0 saturated carbocycles. The zero-order valence-corrected chi connectivity index (χ0v) is 13.4. The third-order valence-electron chi connectivity index (χ3n) is 3.35. The Balaban J connectivity index is 2.47. The number of nitrogens with two attached hydrogens (primary N) is 1. The van der Waals surface area contributed by atoms with E-state index >= 15 is 0 Å². The van der Waals surface area contributed by atoms with Crippen LogP contribution in [0.5, 0.6) is 0 Å². The molecule has 0 atom stereocenters. The molecule has 0 spiro atoms. The van der Waals surface area contributed by atoms with E-state index in [0.29, 0.717) is 16.5 Å². The van der Waals surface area contributed by atoms with E-state index in [1.807, 2.05) is 25.1 Å². The number of halogens is 1. The summed E-state index contributed by atoms with van der Waals surface area (Å²) in [4.78, 5) is 0. The van der Waals surface area contributed by atoms with Crippen LogP contribution in [0.4, 0.5) is 0 Å². The number of furan rings is 1. The quantitative estimate of drug-likeness (QED) is 0.671. The van der Waals surface area contributed by atoms with Gasteiger partial charge in [-0.1, -0.05) is 23.7 Å². The number of allylic oxidation sites excluding steroid dienone is 2. The Labute approximate surface area is 144 Å². The smallest absolute Gasteiger partial charge is 0.153 e. The van der Waals surface area contributed by atoms with Crippen LogP contribution in [-0.4, -0.2) is 0 Å². The Hall–Kier alpha value is -3.46. The summed E-state index contributed by atoms with van der Waals surface area (Å²) >= 11 is 6.11. The highest BCUT2D eigenvalue weighted by molar-refractivity contribution is 6.31. The average molecular weight is 335 g/mol. The van der Waals surface area contributed by atoms with Gasteiger partial charge in [0.25, 0.3) is 0 Å². The molecule has 2 N–H and O–H groups in total. The molecule has 6 heteroatoms. The molecular weight excluding hydrogens is 324 g/mol. The first kappa shape index (κ1) is 16.9. The topological polar surface area (TPSA) is 111 Å². The maximum absolute atomic E-state index is 9.19. The number of benzene rings is 1. The van der Waals surface area contributed by atoms with Crippen molar-refractivity contribution in [2.75, 3.05) is 0 Å². The van der Waals surface area contributed by atoms with Crippen molar-refractivity contribution >= 4 is 17.7 Å². The second-order valence-electron chi connectivity index (χ2n) is 4.80. The van der Waals surface area contributed by atoms with Crippen LogP contribution in [0.25, 0.3) is 17.4 Å². The SMILES string of the molecule is Cc1c(Cl)cccc1-c1ccc(/C=C(\C#N)C(N)=C(C#N)C#N)o1. The van der Waals surface area contributed by atoms with Crippen molar-refractivity contribution in [1.82, 2.24) is 0 Å². The Kier molecular flexibility index (Phi) is 5.07. The molecule has 5 nitrogen and oxygen atoms in total. The van der Waals surface area contributed by atoms with Gasteiger partial charge in [-0.05, 0) is 30.7 Å². The molecule has 0 aliphatic heterocycles. The lowest BCUT2D eigenvalue weighted by Crippen LogP contribution is -2.03. The summed E-state index contributed by atoms with van der Waals surface area (Å²) in [5, 5.41) is 27.5. The lowest BCUT2D eigenvalue weighted by molar-refractivity contribution is 0.571. The molecule has 0 amide bonds. The lowest BCUT2D eigenvalue weighted by Gasteiger charge is -2.04. The second kappa shape index (κ2) is 7.20. The monoisotopic (exact) mass is 334 g/mol. The molecule has 1 heterocycles. The minimum Gasteiger partial charge on any atom is -0.457 e. The maximum atomic E-state index is 9.19. The van der Waals surface area contributed by atoms with E-state index in [4.69, 9.17) is 32.3 Å². The number of nitriles is 3. The fourth-order valence-electron chi connectivity index (χ4n) is 2.04. The van der Waals surface area contributed by atoms with Crippen LogP contribution in [-0.2, 0) is 0 Å².